The number of halogens is 3. The Labute approximate surface area is 287 Å². The van der Waals surface area contributed by atoms with Crippen LogP contribution in [0.4, 0.5) is 5.69 Å². The fourth-order valence-electron chi connectivity index (χ4n) is 4.94. The first kappa shape index (κ1) is 33.3. The summed E-state index contributed by atoms with van der Waals surface area (Å²) in [6.07, 6.45) is 1.35. The highest BCUT2D eigenvalue weighted by Gasteiger charge is 2.22. The highest BCUT2D eigenvalue weighted by atomic mass is 79.9. The first-order valence-electron chi connectivity index (χ1n) is 14.4. The number of aromatic nitrogens is 2. The number of para-hydroxylation sites is 1. The lowest BCUT2D eigenvalue weighted by molar-refractivity contribution is -0.385. The Bertz CT molecular complexity index is 2060. The molecule has 0 atom stereocenters. The van der Waals surface area contributed by atoms with Gasteiger partial charge >= 0.3 is 5.69 Å². The standard InChI is InChI=1S/C34H29Br2ClN4O5/c1-5-45-31-12-20(4)26(16-25(31)19(2)3)33-39-29-9-7-6-8-24(29)34(42)40(33)38-17-21-13-28(37)32(30(14-21)41(43)44)46-18-22-10-11-23(35)15-27(22)36/h6-17,19H,5,18H2,1-4H3. The number of nitro benzene ring substituents is 1. The van der Waals surface area contributed by atoms with E-state index in [9.17, 15) is 14.9 Å². The number of nitro groups is 1. The zero-order chi connectivity index (χ0) is 33.1. The van der Waals surface area contributed by atoms with Gasteiger partial charge in [-0.3, -0.25) is 14.9 Å². The molecule has 1 aromatic heterocycles. The van der Waals surface area contributed by atoms with E-state index >= 15 is 0 Å². The maximum atomic E-state index is 13.8. The summed E-state index contributed by atoms with van der Waals surface area (Å²) in [4.78, 5) is 30.2. The van der Waals surface area contributed by atoms with Crippen LogP contribution in [0.3, 0.4) is 0 Å². The van der Waals surface area contributed by atoms with Crippen LogP contribution in [0.15, 0.2) is 85.6 Å². The second kappa shape index (κ2) is 14.1. The topological polar surface area (TPSA) is 109 Å². The third-order valence-electron chi connectivity index (χ3n) is 7.23. The molecule has 0 saturated carbocycles. The summed E-state index contributed by atoms with van der Waals surface area (Å²) in [6.45, 7) is 8.55. The van der Waals surface area contributed by atoms with Crippen molar-refractivity contribution >= 4 is 66.3 Å². The quantitative estimate of drug-likeness (QED) is 0.0796. The summed E-state index contributed by atoms with van der Waals surface area (Å²) in [7, 11) is 0. The number of nitrogens with zero attached hydrogens (tertiary/aromatic N) is 4. The van der Waals surface area contributed by atoms with Gasteiger partial charge < -0.3 is 9.47 Å². The number of benzene rings is 4. The molecule has 0 saturated heterocycles. The lowest BCUT2D eigenvalue weighted by Gasteiger charge is -2.18. The number of hydrogen-bond acceptors (Lipinski definition) is 7. The molecule has 0 aliphatic heterocycles. The van der Waals surface area contributed by atoms with Crippen LogP contribution >= 0.6 is 43.5 Å². The Balaban J connectivity index is 1.60. The van der Waals surface area contributed by atoms with E-state index in [0.29, 0.717) is 34.5 Å². The van der Waals surface area contributed by atoms with Gasteiger partial charge in [-0.05, 0) is 73.4 Å². The molecule has 5 rings (SSSR count). The van der Waals surface area contributed by atoms with Crippen LogP contribution in [-0.4, -0.2) is 27.4 Å². The van der Waals surface area contributed by atoms with Crippen LogP contribution in [0.25, 0.3) is 22.3 Å². The van der Waals surface area contributed by atoms with Crippen molar-refractivity contribution in [2.45, 2.75) is 40.2 Å². The van der Waals surface area contributed by atoms with Crippen molar-refractivity contribution in [1.82, 2.24) is 9.66 Å². The lowest BCUT2D eigenvalue weighted by atomic mass is 9.96. The van der Waals surface area contributed by atoms with Crippen molar-refractivity contribution in [2.75, 3.05) is 6.61 Å². The van der Waals surface area contributed by atoms with Crippen LogP contribution in [0.1, 0.15) is 48.9 Å². The monoisotopic (exact) mass is 766 g/mol. The average Bonchev–Trinajstić information content (AvgIpc) is 3.00. The van der Waals surface area contributed by atoms with E-state index in [2.05, 4.69) is 50.8 Å². The molecule has 12 heteroatoms. The Hall–Kier alpha value is -4.06. The molecular weight excluding hydrogens is 740 g/mol. The predicted octanol–water partition coefficient (Wildman–Crippen LogP) is 9.44. The Morgan fingerprint density at radius 1 is 1.09 bits per heavy atom. The van der Waals surface area contributed by atoms with E-state index in [0.717, 1.165) is 31.4 Å². The minimum absolute atomic E-state index is 0.0250. The molecule has 0 N–H and O–H groups in total. The second-order valence-corrected chi connectivity index (χ2v) is 12.9. The van der Waals surface area contributed by atoms with Gasteiger partial charge in [-0.15, -0.1) is 0 Å². The van der Waals surface area contributed by atoms with E-state index in [1.165, 1.54) is 23.0 Å². The third-order valence-corrected chi connectivity index (χ3v) is 8.74. The van der Waals surface area contributed by atoms with Crippen LogP contribution in [-0.2, 0) is 6.61 Å². The molecule has 0 aliphatic carbocycles. The molecule has 5 aromatic rings. The van der Waals surface area contributed by atoms with Crippen LogP contribution in [0.2, 0.25) is 5.02 Å². The third kappa shape index (κ3) is 7.01. The zero-order valence-corrected chi connectivity index (χ0v) is 29.3. The molecule has 0 bridgehead atoms. The van der Waals surface area contributed by atoms with Gasteiger partial charge in [0, 0.05) is 31.7 Å². The molecule has 0 radical (unpaired) electrons. The summed E-state index contributed by atoms with van der Waals surface area (Å²) in [5.74, 6) is 1.16. The molecular formula is C34H29Br2ClN4O5. The van der Waals surface area contributed by atoms with Crippen molar-refractivity contribution in [1.29, 1.82) is 0 Å². The fourth-order valence-corrected chi connectivity index (χ4v) is 6.38. The van der Waals surface area contributed by atoms with E-state index < -0.39 is 10.5 Å². The van der Waals surface area contributed by atoms with Gasteiger partial charge in [-0.1, -0.05) is 75.5 Å². The summed E-state index contributed by atoms with van der Waals surface area (Å²) in [5.41, 5.74) is 3.38. The fraction of sp³-hybridized carbons (Fsp3) is 0.206. The summed E-state index contributed by atoms with van der Waals surface area (Å²) < 4.78 is 14.6. The number of aryl methyl sites for hydroxylation is 1. The largest absolute Gasteiger partial charge is 0.494 e. The zero-order valence-electron chi connectivity index (χ0n) is 25.4. The number of ether oxygens (including phenoxy) is 2. The highest BCUT2D eigenvalue weighted by molar-refractivity contribution is 9.11. The minimum atomic E-state index is -0.568. The molecule has 9 nitrogen and oxygen atoms in total. The molecule has 0 fully saturated rings. The maximum absolute atomic E-state index is 13.8. The second-order valence-electron chi connectivity index (χ2n) is 10.7. The predicted molar refractivity (Wildman–Crippen MR) is 189 cm³/mol. The van der Waals surface area contributed by atoms with E-state index in [1.54, 1.807) is 18.2 Å². The molecule has 0 amide bonds. The van der Waals surface area contributed by atoms with Gasteiger partial charge in [-0.25, -0.2) is 4.98 Å². The first-order chi connectivity index (χ1) is 22.0. The minimum Gasteiger partial charge on any atom is -0.494 e. The van der Waals surface area contributed by atoms with Crippen molar-refractivity contribution < 1.29 is 14.4 Å². The molecule has 46 heavy (non-hydrogen) atoms. The van der Waals surface area contributed by atoms with Crippen LogP contribution in [0, 0.1) is 17.0 Å². The van der Waals surface area contributed by atoms with Crippen molar-refractivity contribution in [3.8, 4) is 22.9 Å². The van der Waals surface area contributed by atoms with Crippen molar-refractivity contribution in [3.05, 3.63) is 123 Å². The van der Waals surface area contributed by atoms with Gasteiger partial charge in [-0.2, -0.15) is 9.78 Å². The SMILES string of the molecule is CCOc1cc(C)c(-c2nc3ccccc3c(=O)n2N=Cc2cc(Cl)c(OCc3ccc(Br)cc3Br)c([N+](=O)[O-])c2)cc1C(C)C. The molecule has 4 aromatic carbocycles. The summed E-state index contributed by atoms with van der Waals surface area (Å²) >= 11 is 13.4. The first-order valence-corrected chi connectivity index (χ1v) is 16.3. The molecule has 236 valence electrons. The van der Waals surface area contributed by atoms with Crippen LogP contribution in [0.5, 0.6) is 11.5 Å². The molecule has 0 spiro atoms. The Morgan fingerprint density at radius 2 is 1.85 bits per heavy atom. The summed E-state index contributed by atoms with van der Waals surface area (Å²) in [5, 5.41) is 17.0. The van der Waals surface area contributed by atoms with E-state index in [-0.39, 0.29) is 29.0 Å². The smallest absolute Gasteiger partial charge is 0.313 e. The average molecular weight is 769 g/mol. The van der Waals surface area contributed by atoms with Gasteiger partial charge in [0.05, 0.1) is 33.7 Å². The van der Waals surface area contributed by atoms with Gasteiger partial charge in [0.1, 0.15) is 12.4 Å². The Kier molecular flexibility index (Phi) is 10.2. The van der Waals surface area contributed by atoms with E-state index in [1.807, 2.05) is 50.2 Å². The maximum Gasteiger partial charge on any atom is 0.313 e. The van der Waals surface area contributed by atoms with Crippen LogP contribution < -0.4 is 15.0 Å². The summed E-state index contributed by atoms with van der Waals surface area (Å²) in [6, 6.07) is 19.3. The molecule has 1 heterocycles. The Morgan fingerprint density at radius 3 is 2.54 bits per heavy atom. The number of rotatable bonds is 10. The van der Waals surface area contributed by atoms with Gasteiger partial charge in [0.2, 0.25) is 5.75 Å². The van der Waals surface area contributed by atoms with Crippen molar-refractivity contribution in [2.24, 2.45) is 5.10 Å². The number of fused-ring (bicyclic) bond motifs is 1. The number of hydrogen-bond donors (Lipinski definition) is 0. The van der Waals surface area contributed by atoms with E-state index in [4.69, 9.17) is 26.1 Å². The highest BCUT2D eigenvalue weighted by Crippen LogP contribution is 2.38. The van der Waals surface area contributed by atoms with Gasteiger partial charge in [0.25, 0.3) is 5.56 Å². The molecule has 0 aliphatic rings. The normalized spacial score (nSPS) is 11.5. The molecule has 0 unspecified atom stereocenters. The van der Waals surface area contributed by atoms with Crippen molar-refractivity contribution in [3.63, 3.8) is 0 Å². The lowest BCUT2D eigenvalue weighted by Crippen LogP contribution is -2.21. The van der Waals surface area contributed by atoms with Gasteiger partial charge in [0.15, 0.2) is 5.82 Å².